The van der Waals surface area contributed by atoms with Gasteiger partial charge in [0.2, 0.25) is 0 Å². The SMILES string of the molecule is Cc1cc(N2CCCC(NC(=O)c3c(C)nn(C)c3-n3ccnc3C)C2)n(C)n1. The minimum Gasteiger partial charge on any atom is -0.355 e. The van der Waals surface area contributed by atoms with Gasteiger partial charge in [-0.3, -0.25) is 18.7 Å². The van der Waals surface area contributed by atoms with E-state index in [1.165, 1.54) is 0 Å². The molecule has 3 aromatic rings. The largest absolute Gasteiger partial charge is 0.355 e. The highest BCUT2D eigenvalue weighted by Gasteiger charge is 2.27. The maximum Gasteiger partial charge on any atom is 0.257 e. The summed E-state index contributed by atoms with van der Waals surface area (Å²) in [6.07, 6.45) is 5.57. The first-order valence-corrected chi connectivity index (χ1v) is 9.95. The molecule has 1 fully saturated rings. The first-order chi connectivity index (χ1) is 13.8. The topological polar surface area (TPSA) is 85.8 Å². The summed E-state index contributed by atoms with van der Waals surface area (Å²) in [5, 5.41) is 12.2. The Bertz CT molecular complexity index is 1040. The van der Waals surface area contributed by atoms with Crippen molar-refractivity contribution in [1.29, 1.82) is 0 Å². The average molecular weight is 396 g/mol. The second-order valence-electron chi connectivity index (χ2n) is 7.78. The molecule has 1 unspecified atom stereocenters. The minimum absolute atomic E-state index is 0.0720. The van der Waals surface area contributed by atoms with E-state index in [0.29, 0.717) is 11.3 Å². The summed E-state index contributed by atoms with van der Waals surface area (Å²) >= 11 is 0. The molecule has 9 heteroatoms. The summed E-state index contributed by atoms with van der Waals surface area (Å²) in [6.45, 7) is 7.52. The lowest BCUT2D eigenvalue weighted by Gasteiger charge is -2.34. The van der Waals surface area contributed by atoms with Crippen LogP contribution in [0.15, 0.2) is 18.5 Å². The van der Waals surface area contributed by atoms with Gasteiger partial charge in [-0.15, -0.1) is 0 Å². The third-order valence-corrected chi connectivity index (χ3v) is 5.53. The highest BCUT2D eigenvalue weighted by molar-refractivity contribution is 5.98. The van der Waals surface area contributed by atoms with Crippen molar-refractivity contribution in [3.8, 4) is 5.82 Å². The maximum absolute atomic E-state index is 13.3. The lowest BCUT2D eigenvalue weighted by atomic mass is 10.0. The number of hydrogen-bond acceptors (Lipinski definition) is 5. The molecule has 4 rings (SSSR count). The molecule has 1 N–H and O–H groups in total. The lowest BCUT2D eigenvalue weighted by molar-refractivity contribution is 0.0932. The van der Waals surface area contributed by atoms with E-state index < -0.39 is 0 Å². The summed E-state index contributed by atoms with van der Waals surface area (Å²) in [5.74, 6) is 2.56. The number of carbonyl (C=O) groups is 1. The number of rotatable bonds is 4. The van der Waals surface area contributed by atoms with Gasteiger partial charge in [-0.25, -0.2) is 4.98 Å². The predicted molar refractivity (Wildman–Crippen MR) is 110 cm³/mol. The van der Waals surface area contributed by atoms with Crippen LogP contribution in [0.25, 0.3) is 5.82 Å². The fraction of sp³-hybridized carbons (Fsp3) is 0.500. The molecular formula is C20H28N8O. The van der Waals surface area contributed by atoms with Crippen LogP contribution < -0.4 is 10.2 Å². The van der Waals surface area contributed by atoms with Crippen molar-refractivity contribution in [3.63, 3.8) is 0 Å². The molecule has 4 heterocycles. The van der Waals surface area contributed by atoms with Gasteiger partial charge >= 0.3 is 0 Å². The van der Waals surface area contributed by atoms with Crippen LogP contribution >= 0.6 is 0 Å². The summed E-state index contributed by atoms with van der Waals surface area (Å²) < 4.78 is 5.55. The zero-order valence-electron chi connectivity index (χ0n) is 17.7. The molecule has 0 bridgehead atoms. The third kappa shape index (κ3) is 3.52. The average Bonchev–Trinajstić information content (AvgIpc) is 3.31. The van der Waals surface area contributed by atoms with E-state index >= 15 is 0 Å². The number of imidazole rings is 1. The van der Waals surface area contributed by atoms with Crippen molar-refractivity contribution in [2.75, 3.05) is 18.0 Å². The van der Waals surface area contributed by atoms with Crippen LogP contribution in [0.5, 0.6) is 0 Å². The van der Waals surface area contributed by atoms with E-state index in [9.17, 15) is 4.79 Å². The predicted octanol–water partition coefficient (Wildman–Crippen LogP) is 1.66. The Morgan fingerprint density at radius 2 is 1.97 bits per heavy atom. The van der Waals surface area contributed by atoms with Gasteiger partial charge < -0.3 is 10.2 Å². The first-order valence-electron chi connectivity index (χ1n) is 9.95. The number of hydrogen-bond donors (Lipinski definition) is 1. The summed E-state index contributed by atoms with van der Waals surface area (Å²) in [4.78, 5) is 19.8. The molecule has 154 valence electrons. The molecule has 29 heavy (non-hydrogen) atoms. The molecular weight excluding hydrogens is 368 g/mol. The molecule has 3 aromatic heterocycles. The standard InChI is InChI=1S/C20H28N8O/c1-13-11-17(25(4)23-13)27-9-6-7-16(12-27)22-19(29)18-14(2)24-26(5)20(18)28-10-8-21-15(28)3/h8,10-11,16H,6-7,9,12H2,1-5H3,(H,22,29). The molecule has 1 atom stereocenters. The van der Waals surface area contributed by atoms with Crippen LogP contribution in [-0.2, 0) is 14.1 Å². The molecule has 1 amide bonds. The Morgan fingerprint density at radius 1 is 1.17 bits per heavy atom. The fourth-order valence-electron chi connectivity index (χ4n) is 4.24. The molecule has 0 aliphatic carbocycles. The number of nitrogens with one attached hydrogen (secondary N) is 1. The highest BCUT2D eigenvalue weighted by Crippen LogP contribution is 2.23. The quantitative estimate of drug-likeness (QED) is 0.725. The molecule has 1 aliphatic rings. The molecule has 1 aliphatic heterocycles. The van der Waals surface area contributed by atoms with Crippen molar-refractivity contribution in [2.45, 2.75) is 39.7 Å². The Hall–Kier alpha value is -3.10. The van der Waals surface area contributed by atoms with Gasteiger partial charge in [0.1, 0.15) is 23.0 Å². The Kier molecular flexibility index (Phi) is 4.89. The van der Waals surface area contributed by atoms with Crippen molar-refractivity contribution >= 4 is 11.7 Å². The van der Waals surface area contributed by atoms with Crippen molar-refractivity contribution in [2.24, 2.45) is 14.1 Å². The molecule has 0 radical (unpaired) electrons. The van der Waals surface area contributed by atoms with Gasteiger partial charge in [-0.1, -0.05) is 0 Å². The fourth-order valence-corrected chi connectivity index (χ4v) is 4.24. The minimum atomic E-state index is -0.0910. The van der Waals surface area contributed by atoms with Gasteiger partial charge in [0.15, 0.2) is 0 Å². The van der Waals surface area contributed by atoms with Crippen LogP contribution in [-0.4, -0.2) is 54.2 Å². The lowest BCUT2D eigenvalue weighted by Crippen LogP contribution is -2.48. The normalized spacial score (nSPS) is 17.0. The molecule has 1 saturated heterocycles. The van der Waals surface area contributed by atoms with Crippen molar-refractivity contribution in [1.82, 2.24) is 34.4 Å². The van der Waals surface area contributed by atoms with Crippen molar-refractivity contribution in [3.05, 3.63) is 41.2 Å². The van der Waals surface area contributed by atoms with E-state index in [1.807, 2.05) is 50.3 Å². The number of amides is 1. The Morgan fingerprint density at radius 3 is 2.62 bits per heavy atom. The highest BCUT2D eigenvalue weighted by atomic mass is 16.1. The van der Waals surface area contributed by atoms with Crippen LogP contribution in [0.1, 0.15) is 40.4 Å². The Balaban J connectivity index is 1.56. The summed E-state index contributed by atoms with van der Waals surface area (Å²) in [5.41, 5.74) is 2.31. The Labute approximate surface area is 170 Å². The second kappa shape index (κ2) is 7.38. The number of carbonyl (C=O) groups excluding carboxylic acids is 1. The second-order valence-corrected chi connectivity index (χ2v) is 7.78. The van der Waals surface area contributed by atoms with Crippen LogP contribution in [0.4, 0.5) is 5.82 Å². The van der Waals surface area contributed by atoms with E-state index in [0.717, 1.165) is 49.1 Å². The van der Waals surface area contributed by atoms with Crippen LogP contribution in [0.2, 0.25) is 0 Å². The van der Waals surface area contributed by atoms with E-state index in [2.05, 4.69) is 31.5 Å². The monoisotopic (exact) mass is 396 g/mol. The molecule has 0 spiro atoms. The van der Waals surface area contributed by atoms with Crippen molar-refractivity contribution < 1.29 is 4.79 Å². The van der Waals surface area contributed by atoms with Gasteiger partial charge in [0.25, 0.3) is 5.91 Å². The molecule has 9 nitrogen and oxygen atoms in total. The smallest absolute Gasteiger partial charge is 0.257 e. The van der Waals surface area contributed by atoms with E-state index in [-0.39, 0.29) is 11.9 Å². The van der Waals surface area contributed by atoms with Crippen LogP contribution in [0, 0.1) is 20.8 Å². The zero-order valence-corrected chi connectivity index (χ0v) is 17.7. The first kappa shape index (κ1) is 19.2. The molecule has 0 saturated carbocycles. The van der Waals surface area contributed by atoms with Gasteiger partial charge in [0, 0.05) is 51.7 Å². The van der Waals surface area contributed by atoms with Crippen LogP contribution in [0.3, 0.4) is 0 Å². The van der Waals surface area contributed by atoms with E-state index in [1.54, 1.807) is 10.9 Å². The third-order valence-electron chi connectivity index (χ3n) is 5.53. The zero-order chi connectivity index (χ0) is 20.7. The van der Waals surface area contributed by atoms with Gasteiger partial charge in [0.05, 0.1) is 11.4 Å². The van der Waals surface area contributed by atoms with Gasteiger partial charge in [-0.2, -0.15) is 10.2 Å². The number of aromatic nitrogens is 6. The number of piperidine rings is 1. The molecule has 0 aromatic carbocycles. The van der Waals surface area contributed by atoms with Gasteiger partial charge in [-0.05, 0) is 33.6 Å². The van der Waals surface area contributed by atoms with E-state index in [4.69, 9.17) is 0 Å². The maximum atomic E-state index is 13.3. The summed E-state index contributed by atoms with van der Waals surface area (Å²) in [6, 6.07) is 2.16. The number of aryl methyl sites for hydroxylation is 5. The summed E-state index contributed by atoms with van der Waals surface area (Å²) in [7, 11) is 3.81. The number of nitrogens with zero attached hydrogens (tertiary/aromatic N) is 7. The number of anilines is 1.